The molecule has 18 nitrogen and oxygen atoms in total. The highest BCUT2D eigenvalue weighted by molar-refractivity contribution is 7.86. The van der Waals surface area contributed by atoms with Crippen LogP contribution in [0, 0.1) is 0 Å². The lowest BCUT2D eigenvalue weighted by Gasteiger charge is -2.30. The molecule has 0 saturated heterocycles. The Morgan fingerprint density at radius 2 is 0.897 bits per heavy atom. The molecular formula is C48H44N6O12S2. The van der Waals surface area contributed by atoms with E-state index in [2.05, 4.69) is 20.6 Å². The van der Waals surface area contributed by atoms with Gasteiger partial charge in [-0.1, -0.05) is 49.2 Å². The van der Waals surface area contributed by atoms with Gasteiger partial charge in [-0.25, -0.2) is 0 Å². The molecule has 0 aliphatic heterocycles. The van der Waals surface area contributed by atoms with Crippen LogP contribution in [0.4, 0.5) is 11.4 Å². The molecule has 0 aliphatic carbocycles. The molecule has 0 aliphatic rings. The lowest BCUT2D eigenvalue weighted by Crippen LogP contribution is -2.44. The number of rotatable bonds is 19. The van der Waals surface area contributed by atoms with Crippen LogP contribution in [0.25, 0.3) is 21.8 Å². The van der Waals surface area contributed by atoms with E-state index in [0.717, 1.165) is 35.0 Å². The summed E-state index contributed by atoms with van der Waals surface area (Å²) in [5, 5.41) is 7.29. The maximum Gasteiger partial charge on any atom is 0.294 e. The molecule has 8 rings (SSSR count). The summed E-state index contributed by atoms with van der Waals surface area (Å²) in [5.74, 6) is -2.14. The fraction of sp³-hybridized carbons (Fsp3) is 0.167. The van der Waals surface area contributed by atoms with Crippen LogP contribution >= 0.6 is 0 Å². The topological polar surface area (TPSA) is 265 Å². The van der Waals surface area contributed by atoms with Crippen molar-refractivity contribution >= 4 is 77.0 Å². The molecule has 68 heavy (non-hydrogen) atoms. The summed E-state index contributed by atoms with van der Waals surface area (Å²) in [5.41, 5.74) is 1.96. The van der Waals surface area contributed by atoms with Crippen LogP contribution in [-0.4, -0.2) is 72.6 Å². The number of unbranched alkanes of at least 4 members (excludes halogenated alkanes) is 3. The minimum absolute atomic E-state index is 0.131. The Bertz CT molecular complexity index is 3010. The Balaban J connectivity index is 0.929. The number of para-hydroxylation sites is 2. The number of aromatic nitrogens is 2. The number of nitrogens with zero attached hydrogens (tertiary/aromatic N) is 2. The van der Waals surface area contributed by atoms with Crippen molar-refractivity contribution in [2.45, 2.75) is 47.6 Å². The van der Waals surface area contributed by atoms with E-state index in [-0.39, 0.29) is 47.4 Å². The first kappa shape index (κ1) is 46.7. The number of hydrogen-bond donors (Lipinski definition) is 6. The average Bonchev–Trinajstić information content (AvgIpc) is 4.18. The number of furan rings is 2. The van der Waals surface area contributed by atoms with Crippen LogP contribution < -0.4 is 20.4 Å². The van der Waals surface area contributed by atoms with Crippen molar-refractivity contribution in [1.29, 1.82) is 0 Å². The van der Waals surface area contributed by atoms with Crippen LogP contribution in [0.3, 0.4) is 0 Å². The highest BCUT2D eigenvalue weighted by Crippen LogP contribution is 2.34. The Morgan fingerprint density at radius 1 is 0.515 bits per heavy atom. The second-order valence-corrected chi connectivity index (χ2v) is 18.5. The van der Waals surface area contributed by atoms with E-state index < -0.39 is 65.7 Å². The van der Waals surface area contributed by atoms with Gasteiger partial charge in [-0.15, -0.1) is 0 Å². The summed E-state index contributed by atoms with van der Waals surface area (Å²) in [6, 6.07) is 31.0. The Kier molecular flexibility index (Phi) is 13.7. The molecule has 0 bridgehead atoms. The van der Waals surface area contributed by atoms with E-state index in [1.165, 1.54) is 46.6 Å². The average molecular weight is 961 g/mol. The molecular weight excluding hydrogens is 917 g/mol. The molecule has 0 fully saturated rings. The minimum Gasteiger partial charge on any atom is -0.467 e. The highest BCUT2D eigenvalue weighted by atomic mass is 32.2. The van der Waals surface area contributed by atoms with Crippen LogP contribution in [0.15, 0.2) is 165 Å². The van der Waals surface area contributed by atoms with Gasteiger partial charge in [0.25, 0.3) is 43.9 Å². The normalized spacial score (nSPS) is 12.7. The van der Waals surface area contributed by atoms with Crippen molar-refractivity contribution in [3.63, 3.8) is 0 Å². The van der Waals surface area contributed by atoms with Crippen molar-refractivity contribution in [3.8, 4) is 0 Å². The number of amides is 4. The summed E-state index contributed by atoms with van der Waals surface area (Å²) < 4.78 is 78.0. The van der Waals surface area contributed by atoms with Crippen molar-refractivity contribution < 1.29 is 54.0 Å². The third kappa shape index (κ3) is 10.4. The van der Waals surface area contributed by atoms with Gasteiger partial charge in [-0.05, 0) is 110 Å². The molecule has 0 radical (unpaired) electrons. The van der Waals surface area contributed by atoms with E-state index >= 15 is 0 Å². The molecule has 4 amide bonds. The van der Waals surface area contributed by atoms with E-state index in [0.29, 0.717) is 36.7 Å². The van der Waals surface area contributed by atoms with Gasteiger partial charge in [0, 0.05) is 46.3 Å². The number of aromatic amines is 2. The number of anilines is 2. The molecule has 20 heteroatoms. The molecule has 8 aromatic rings. The lowest BCUT2D eigenvalue weighted by molar-refractivity contribution is -0.123. The van der Waals surface area contributed by atoms with Gasteiger partial charge >= 0.3 is 0 Å². The van der Waals surface area contributed by atoms with Gasteiger partial charge in [-0.2, -0.15) is 16.8 Å². The zero-order valence-corrected chi connectivity index (χ0v) is 37.6. The first-order valence-corrected chi connectivity index (χ1v) is 24.2. The van der Waals surface area contributed by atoms with E-state index in [9.17, 15) is 45.1 Å². The summed E-state index contributed by atoms with van der Waals surface area (Å²) in [4.78, 5) is 64.8. The second kappa shape index (κ2) is 20.0. The Hall–Kier alpha value is -7.78. The predicted molar refractivity (Wildman–Crippen MR) is 250 cm³/mol. The molecule has 6 N–H and O–H groups in total. The van der Waals surface area contributed by atoms with Crippen LogP contribution in [-0.2, 0) is 29.8 Å². The number of benzene rings is 4. The zero-order chi connectivity index (χ0) is 48.0. The fourth-order valence-electron chi connectivity index (χ4n) is 7.82. The molecule has 0 spiro atoms. The van der Waals surface area contributed by atoms with Crippen molar-refractivity contribution in [2.75, 3.05) is 22.9 Å². The number of carbonyl (C=O) groups excluding carboxylic acids is 4. The minimum atomic E-state index is -4.56. The predicted octanol–water partition coefficient (Wildman–Crippen LogP) is 7.60. The van der Waals surface area contributed by atoms with E-state index in [1.54, 1.807) is 60.7 Å². The molecule has 4 aromatic carbocycles. The van der Waals surface area contributed by atoms with E-state index in [1.807, 2.05) is 24.3 Å². The maximum absolute atomic E-state index is 14.4. The third-order valence-corrected chi connectivity index (χ3v) is 12.9. The van der Waals surface area contributed by atoms with E-state index in [4.69, 9.17) is 8.83 Å². The number of carbonyl (C=O) groups is 4. The summed E-state index contributed by atoms with van der Waals surface area (Å²) in [6.45, 7) is 0.389. The number of fused-ring (bicyclic) bond motifs is 2. The van der Waals surface area contributed by atoms with Gasteiger partial charge in [0.15, 0.2) is 12.1 Å². The van der Waals surface area contributed by atoms with Crippen LogP contribution in [0.2, 0.25) is 0 Å². The van der Waals surface area contributed by atoms with Crippen molar-refractivity contribution in [3.05, 3.63) is 169 Å². The molecule has 2 atom stereocenters. The highest BCUT2D eigenvalue weighted by Gasteiger charge is 2.38. The smallest absolute Gasteiger partial charge is 0.294 e. The first-order chi connectivity index (χ1) is 32.7. The van der Waals surface area contributed by atoms with Crippen LogP contribution in [0.1, 0.15) is 70.3 Å². The number of nitrogens with one attached hydrogen (secondary N) is 4. The second-order valence-electron chi connectivity index (χ2n) is 15.7. The Morgan fingerprint density at radius 3 is 1.24 bits per heavy atom. The summed E-state index contributed by atoms with van der Waals surface area (Å²) in [6.07, 6.45) is 4.96. The molecule has 4 heterocycles. The third-order valence-electron chi connectivity index (χ3n) is 11.1. The van der Waals surface area contributed by atoms with Crippen LogP contribution in [0.5, 0.6) is 0 Å². The monoisotopic (exact) mass is 960 g/mol. The van der Waals surface area contributed by atoms with Crippen molar-refractivity contribution in [1.82, 2.24) is 20.6 Å². The SMILES string of the molecule is O=C(NCCCCCCNC(=O)C(c1ccco1)N(C(=O)c1cc2ccccc2[nH]1)c1ccc(S(=O)(=O)O)cc1)C(c1ccco1)N(C(=O)c1cc2ccccc2[nH]1)c1ccc(S(=O)(=O)O)cc1. The number of hydrogen-bond acceptors (Lipinski definition) is 10. The summed E-state index contributed by atoms with van der Waals surface area (Å²) in [7, 11) is -9.12. The van der Waals surface area contributed by atoms with Gasteiger partial charge in [-0.3, -0.25) is 38.1 Å². The molecule has 350 valence electrons. The van der Waals surface area contributed by atoms with Gasteiger partial charge in [0.05, 0.1) is 22.3 Å². The van der Waals surface area contributed by atoms with Crippen molar-refractivity contribution in [2.24, 2.45) is 0 Å². The van der Waals surface area contributed by atoms with Gasteiger partial charge < -0.3 is 29.4 Å². The zero-order valence-electron chi connectivity index (χ0n) is 35.9. The standard InChI is InChI=1S/C48H44N6O12S2/c55-45(43(41-15-9-27-65-41)53(33-17-21-35(22-18-33)67(59,60)61)47(57)39-29-31-11-3-5-13-37(31)51-39)49-25-7-1-2-8-26-50-46(56)44(42-16-10-28-66-42)54(34-19-23-36(24-20-34)68(62,63)64)48(58)40-30-32-12-4-6-14-38(32)52-40/h3-6,9-24,27-30,43-44,51-52H,1-2,7-8,25-26H2,(H,49,55)(H,50,56)(H,59,60,61)(H,62,63,64). The largest absolute Gasteiger partial charge is 0.467 e. The molecule has 4 aromatic heterocycles. The quantitative estimate of drug-likeness (QED) is 0.0338. The number of H-pyrrole nitrogens is 2. The molecule has 2 unspecified atom stereocenters. The molecule has 0 saturated carbocycles. The van der Waals surface area contributed by atoms with Gasteiger partial charge in [0.1, 0.15) is 22.9 Å². The fourth-order valence-corrected chi connectivity index (χ4v) is 8.78. The first-order valence-electron chi connectivity index (χ1n) is 21.3. The summed E-state index contributed by atoms with van der Waals surface area (Å²) >= 11 is 0. The maximum atomic E-state index is 14.4. The Labute approximate surface area is 389 Å². The van der Waals surface area contributed by atoms with Gasteiger partial charge in [0.2, 0.25) is 0 Å². The lowest BCUT2D eigenvalue weighted by atomic mass is 10.1.